The molecule has 0 aliphatic carbocycles. The van der Waals surface area contributed by atoms with Crippen molar-refractivity contribution >= 4 is 5.96 Å². The second kappa shape index (κ2) is 9.08. The maximum atomic E-state index is 5.94. The minimum absolute atomic E-state index is 0.127. The molecule has 2 heterocycles. The van der Waals surface area contributed by atoms with Gasteiger partial charge in [0.25, 0.3) is 0 Å². The van der Waals surface area contributed by atoms with Crippen molar-refractivity contribution in [3.05, 3.63) is 53.7 Å². The zero-order valence-electron chi connectivity index (χ0n) is 15.4. The van der Waals surface area contributed by atoms with Gasteiger partial charge in [-0.15, -0.1) is 0 Å². The minimum Gasteiger partial charge on any atom is -0.488 e. The number of hydrogen-bond donors (Lipinski definition) is 2. The summed E-state index contributed by atoms with van der Waals surface area (Å²) in [4.78, 5) is 8.57. The quantitative estimate of drug-likeness (QED) is 0.591. The predicted molar refractivity (Wildman–Crippen MR) is 103 cm³/mol. The van der Waals surface area contributed by atoms with Crippen LogP contribution in [0.15, 0.2) is 47.6 Å². The van der Waals surface area contributed by atoms with Crippen LogP contribution in [-0.4, -0.2) is 37.2 Å². The van der Waals surface area contributed by atoms with E-state index in [0.717, 1.165) is 30.1 Å². The van der Waals surface area contributed by atoms with Gasteiger partial charge < -0.3 is 20.1 Å². The van der Waals surface area contributed by atoms with Gasteiger partial charge >= 0.3 is 0 Å². The van der Waals surface area contributed by atoms with Crippen molar-refractivity contribution in [1.82, 2.24) is 15.6 Å². The molecule has 3 rings (SSSR count). The molecule has 1 aromatic heterocycles. The number of guanidine groups is 1. The molecule has 0 radical (unpaired) electrons. The minimum atomic E-state index is 0.127. The number of nitrogens with zero attached hydrogens (tertiary/aromatic N) is 2. The lowest BCUT2D eigenvalue weighted by atomic mass is 10.1. The average Bonchev–Trinajstić information content (AvgIpc) is 3.10. The van der Waals surface area contributed by atoms with E-state index in [1.165, 1.54) is 5.56 Å². The molecule has 1 aliphatic heterocycles. The summed E-state index contributed by atoms with van der Waals surface area (Å²) in [5.74, 6) is 2.39. The summed E-state index contributed by atoms with van der Waals surface area (Å²) in [5, 5.41) is 6.62. The maximum absolute atomic E-state index is 5.94. The third kappa shape index (κ3) is 4.88. The van der Waals surface area contributed by atoms with Crippen LogP contribution in [0.25, 0.3) is 0 Å². The van der Waals surface area contributed by atoms with Crippen molar-refractivity contribution in [1.29, 1.82) is 0 Å². The average molecular weight is 354 g/mol. The number of ether oxygens (including phenoxy) is 2. The van der Waals surface area contributed by atoms with Gasteiger partial charge in [0, 0.05) is 32.3 Å². The Morgan fingerprint density at radius 2 is 2.15 bits per heavy atom. The molecule has 1 unspecified atom stereocenters. The van der Waals surface area contributed by atoms with E-state index in [1.54, 1.807) is 7.05 Å². The fraction of sp³-hybridized carbons (Fsp3) is 0.400. The number of para-hydroxylation sites is 1. The fourth-order valence-electron chi connectivity index (χ4n) is 2.79. The standard InChI is InChI=1S/C20H26N4O2/c1-3-10-25-19-9-8-15(12-22-19)13-23-20(21-2)24-14-17-11-16-6-4-5-7-18(16)26-17/h4-9,12,17H,3,10-11,13-14H2,1-2H3,(H2,21,23,24). The Labute approximate surface area is 154 Å². The monoisotopic (exact) mass is 354 g/mol. The van der Waals surface area contributed by atoms with E-state index in [2.05, 4.69) is 33.6 Å². The number of benzene rings is 1. The van der Waals surface area contributed by atoms with E-state index in [-0.39, 0.29) is 6.10 Å². The molecule has 6 heteroatoms. The number of aliphatic imine (C=N–C) groups is 1. The van der Waals surface area contributed by atoms with Crippen molar-refractivity contribution < 1.29 is 9.47 Å². The molecule has 0 spiro atoms. The van der Waals surface area contributed by atoms with Gasteiger partial charge in [-0.2, -0.15) is 0 Å². The zero-order valence-corrected chi connectivity index (χ0v) is 15.4. The Balaban J connectivity index is 1.42. The molecule has 2 aromatic rings. The Morgan fingerprint density at radius 1 is 1.27 bits per heavy atom. The Morgan fingerprint density at radius 3 is 2.88 bits per heavy atom. The second-order valence-corrected chi connectivity index (χ2v) is 6.21. The third-order valence-electron chi connectivity index (χ3n) is 4.15. The molecule has 0 saturated heterocycles. The molecule has 6 nitrogen and oxygen atoms in total. The number of fused-ring (bicyclic) bond motifs is 1. The molecule has 1 aliphatic rings. The van der Waals surface area contributed by atoms with Gasteiger partial charge in [0.15, 0.2) is 5.96 Å². The van der Waals surface area contributed by atoms with Crippen molar-refractivity contribution in [2.24, 2.45) is 4.99 Å². The second-order valence-electron chi connectivity index (χ2n) is 6.21. The van der Waals surface area contributed by atoms with Gasteiger partial charge in [-0.25, -0.2) is 4.98 Å². The first-order valence-electron chi connectivity index (χ1n) is 9.05. The predicted octanol–water partition coefficient (Wildman–Crippen LogP) is 2.54. The number of rotatable bonds is 7. The Kier molecular flexibility index (Phi) is 6.30. The van der Waals surface area contributed by atoms with Crippen LogP contribution in [0.2, 0.25) is 0 Å². The first kappa shape index (κ1) is 18.0. The van der Waals surface area contributed by atoms with E-state index in [0.29, 0.717) is 25.6 Å². The highest BCUT2D eigenvalue weighted by Gasteiger charge is 2.22. The maximum Gasteiger partial charge on any atom is 0.213 e. The highest BCUT2D eigenvalue weighted by atomic mass is 16.5. The fourth-order valence-corrected chi connectivity index (χ4v) is 2.79. The third-order valence-corrected chi connectivity index (χ3v) is 4.15. The van der Waals surface area contributed by atoms with Gasteiger partial charge in [0.2, 0.25) is 5.88 Å². The number of hydrogen-bond acceptors (Lipinski definition) is 4. The molecule has 1 aromatic carbocycles. The molecule has 1 atom stereocenters. The van der Waals surface area contributed by atoms with E-state index < -0.39 is 0 Å². The van der Waals surface area contributed by atoms with Crippen LogP contribution in [0.3, 0.4) is 0 Å². The summed E-state index contributed by atoms with van der Waals surface area (Å²) in [6.07, 6.45) is 3.84. The molecule has 0 amide bonds. The number of nitrogens with one attached hydrogen (secondary N) is 2. The topological polar surface area (TPSA) is 67.8 Å². The SMILES string of the molecule is CCCOc1ccc(CNC(=NC)NCC2Cc3ccccc3O2)cn1. The summed E-state index contributed by atoms with van der Waals surface area (Å²) in [6.45, 7) is 4.11. The highest BCUT2D eigenvalue weighted by Crippen LogP contribution is 2.27. The lowest BCUT2D eigenvalue weighted by molar-refractivity contribution is 0.235. The number of pyridine rings is 1. The zero-order chi connectivity index (χ0) is 18.2. The normalized spacial score (nSPS) is 15.9. The van der Waals surface area contributed by atoms with Crippen molar-refractivity contribution in [2.45, 2.75) is 32.4 Å². The number of aromatic nitrogens is 1. The van der Waals surface area contributed by atoms with Crippen LogP contribution >= 0.6 is 0 Å². The molecule has 2 N–H and O–H groups in total. The van der Waals surface area contributed by atoms with E-state index in [4.69, 9.17) is 9.47 Å². The first-order valence-corrected chi connectivity index (χ1v) is 9.05. The van der Waals surface area contributed by atoms with Gasteiger partial charge in [-0.1, -0.05) is 31.2 Å². The van der Waals surface area contributed by atoms with Crippen molar-refractivity contribution in [2.75, 3.05) is 20.2 Å². The van der Waals surface area contributed by atoms with Crippen molar-refractivity contribution in [3.8, 4) is 11.6 Å². The lowest BCUT2D eigenvalue weighted by Crippen LogP contribution is -2.41. The van der Waals surface area contributed by atoms with Gasteiger partial charge in [-0.05, 0) is 23.6 Å². The van der Waals surface area contributed by atoms with Gasteiger partial charge in [0.1, 0.15) is 11.9 Å². The summed E-state index contributed by atoms with van der Waals surface area (Å²) < 4.78 is 11.4. The molecule has 0 bridgehead atoms. The summed E-state index contributed by atoms with van der Waals surface area (Å²) >= 11 is 0. The summed E-state index contributed by atoms with van der Waals surface area (Å²) in [7, 11) is 1.76. The molecule has 26 heavy (non-hydrogen) atoms. The first-order chi connectivity index (χ1) is 12.8. The molecule has 0 saturated carbocycles. The molecule has 0 fully saturated rings. The summed E-state index contributed by atoms with van der Waals surface area (Å²) in [5.41, 5.74) is 2.33. The van der Waals surface area contributed by atoms with Gasteiger partial charge in [0.05, 0.1) is 13.2 Å². The molecular formula is C20H26N4O2. The molecule has 138 valence electrons. The molecular weight excluding hydrogens is 328 g/mol. The van der Waals surface area contributed by atoms with Crippen LogP contribution in [0.1, 0.15) is 24.5 Å². The van der Waals surface area contributed by atoms with Crippen LogP contribution in [0.4, 0.5) is 0 Å². The Hall–Kier alpha value is -2.76. The van der Waals surface area contributed by atoms with E-state index in [1.807, 2.05) is 36.5 Å². The Bertz CT molecular complexity index is 706. The van der Waals surface area contributed by atoms with Crippen LogP contribution in [-0.2, 0) is 13.0 Å². The van der Waals surface area contributed by atoms with Crippen LogP contribution in [0.5, 0.6) is 11.6 Å². The van der Waals surface area contributed by atoms with Gasteiger partial charge in [-0.3, -0.25) is 4.99 Å². The van der Waals surface area contributed by atoms with E-state index in [9.17, 15) is 0 Å². The summed E-state index contributed by atoms with van der Waals surface area (Å²) in [6, 6.07) is 12.1. The van der Waals surface area contributed by atoms with Crippen LogP contribution < -0.4 is 20.1 Å². The van der Waals surface area contributed by atoms with E-state index >= 15 is 0 Å². The van der Waals surface area contributed by atoms with Crippen molar-refractivity contribution in [3.63, 3.8) is 0 Å². The lowest BCUT2D eigenvalue weighted by Gasteiger charge is -2.15. The smallest absolute Gasteiger partial charge is 0.213 e. The largest absolute Gasteiger partial charge is 0.488 e. The highest BCUT2D eigenvalue weighted by molar-refractivity contribution is 5.79. The van der Waals surface area contributed by atoms with Crippen LogP contribution in [0, 0.1) is 0 Å².